The molecule has 4 heterocycles. The van der Waals surface area contributed by atoms with E-state index in [1.165, 1.54) is 44.6 Å². The molecule has 1 aromatic heterocycles. The van der Waals surface area contributed by atoms with Crippen molar-refractivity contribution < 1.29 is 13.0 Å². The van der Waals surface area contributed by atoms with Gasteiger partial charge in [0.25, 0.3) is 10.1 Å². The Labute approximate surface area is 190 Å². The van der Waals surface area contributed by atoms with Crippen molar-refractivity contribution in [2.45, 2.75) is 30.7 Å². The molecule has 2 unspecified atom stereocenters. The fourth-order valence-electron chi connectivity index (χ4n) is 5.05. The molecule has 6 nitrogen and oxygen atoms in total. The van der Waals surface area contributed by atoms with Gasteiger partial charge in [0.2, 0.25) is 0 Å². The fourth-order valence-corrected chi connectivity index (χ4v) is 5.98. The van der Waals surface area contributed by atoms with E-state index in [1.807, 2.05) is 19.2 Å². The highest BCUT2D eigenvalue weighted by atomic mass is 79.9. The van der Waals surface area contributed by atoms with E-state index in [0.29, 0.717) is 11.2 Å². The summed E-state index contributed by atoms with van der Waals surface area (Å²) in [5.74, 6) is 2.56. The maximum absolute atomic E-state index is 10.5. The molecule has 0 radical (unpaired) electrons. The number of aryl methyl sites for hydroxylation is 1. The predicted molar refractivity (Wildman–Crippen MR) is 121 cm³/mol. The highest BCUT2D eigenvalue weighted by Gasteiger charge is 2.47. The molecule has 162 valence electrons. The molecule has 2 atom stereocenters. The van der Waals surface area contributed by atoms with Crippen molar-refractivity contribution in [1.82, 2.24) is 9.88 Å². The maximum Gasteiger partial charge on any atom is 0.294 e. The summed E-state index contributed by atoms with van der Waals surface area (Å²) in [4.78, 5) is 6.79. The zero-order valence-electron chi connectivity index (χ0n) is 16.6. The Balaban J connectivity index is 0.000000170. The fraction of sp³-hybridized carbons (Fsp3) is 0.476. The summed E-state index contributed by atoms with van der Waals surface area (Å²) in [5, 5.41) is 4.24. The van der Waals surface area contributed by atoms with Gasteiger partial charge in [-0.1, -0.05) is 29.3 Å². The van der Waals surface area contributed by atoms with E-state index in [1.54, 1.807) is 12.1 Å². The number of halogens is 2. The van der Waals surface area contributed by atoms with Gasteiger partial charge in [0.1, 0.15) is 5.15 Å². The molecule has 9 heteroatoms. The van der Waals surface area contributed by atoms with Gasteiger partial charge in [0.15, 0.2) is 0 Å². The number of pyridine rings is 1. The van der Waals surface area contributed by atoms with Gasteiger partial charge in [0, 0.05) is 25.7 Å². The zero-order valence-corrected chi connectivity index (χ0v) is 19.8. The van der Waals surface area contributed by atoms with Crippen molar-refractivity contribution in [3.05, 3.63) is 51.7 Å². The number of nitrogens with zero attached hydrogens (tertiary/aromatic N) is 2. The summed E-state index contributed by atoms with van der Waals surface area (Å²) in [6, 6.07) is 8.64. The SMILES string of the molecule is Cc1ccc(S(=O)(=O)O)cc1.Clc1ncc(NC2C3CC4CC2CN(C4)C3)cc1Br. The van der Waals surface area contributed by atoms with Gasteiger partial charge >= 0.3 is 0 Å². The average Bonchev–Trinajstić information content (AvgIpc) is 2.67. The lowest BCUT2D eigenvalue weighted by atomic mass is 9.65. The number of hydrogen-bond acceptors (Lipinski definition) is 5. The zero-order chi connectivity index (χ0) is 21.5. The molecule has 30 heavy (non-hydrogen) atoms. The summed E-state index contributed by atoms with van der Waals surface area (Å²) in [7, 11) is -4.02. The predicted octanol–water partition coefficient (Wildman–Crippen LogP) is 4.49. The number of anilines is 1. The number of piperidine rings is 3. The molecule has 6 rings (SSSR count). The standard InChI is InChI=1S/C14H17BrClN3.C7H8O3S/c15-12-3-11(4-17-14(12)16)18-13-9-1-8-2-10(13)7-19(5-8)6-9;1-6-2-4-7(5-3-6)11(8,9)10/h3-4,8-10,13,18H,1-2,5-7H2;2-5H,1H3,(H,8,9,10). The van der Waals surface area contributed by atoms with Crippen LogP contribution in [-0.2, 0) is 10.1 Å². The minimum absolute atomic E-state index is 0.0666. The van der Waals surface area contributed by atoms with Crippen LogP contribution in [0.5, 0.6) is 0 Å². The first-order valence-corrected chi connectivity index (χ1v) is 12.6. The van der Waals surface area contributed by atoms with E-state index in [-0.39, 0.29) is 4.90 Å². The molecule has 4 bridgehead atoms. The van der Waals surface area contributed by atoms with Crippen LogP contribution < -0.4 is 5.32 Å². The molecule has 2 N–H and O–H groups in total. The monoisotopic (exact) mass is 513 g/mol. The number of nitrogens with one attached hydrogen (secondary N) is 1. The van der Waals surface area contributed by atoms with Crippen LogP contribution in [0, 0.1) is 24.7 Å². The van der Waals surface area contributed by atoms with Gasteiger partial charge in [-0.15, -0.1) is 0 Å². The molecule has 1 aromatic carbocycles. The first-order chi connectivity index (χ1) is 14.2. The number of aromatic nitrogens is 1. The van der Waals surface area contributed by atoms with Crippen LogP contribution in [0.15, 0.2) is 45.9 Å². The van der Waals surface area contributed by atoms with Crippen molar-refractivity contribution in [2.24, 2.45) is 17.8 Å². The molecule has 4 aliphatic rings. The molecular formula is C21H25BrClN3O3S. The third kappa shape index (κ3) is 4.99. The molecule has 4 fully saturated rings. The molecule has 0 amide bonds. The maximum atomic E-state index is 10.5. The first kappa shape index (κ1) is 22.0. The summed E-state index contributed by atoms with van der Waals surface area (Å²) >= 11 is 9.40. The summed E-state index contributed by atoms with van der Waals surface area (Å²) in [6.07, 6.45) is 4.64. The molecule has 0 spiro atoms. The third-order valence-corrected chi connectivity index (χ3v) is 8.24. The van der Waals surface area contributed by atoms with Gasteiger partial charge < -0.3 is 10.2 Å². The average molecular weight is 515 g/mol. The molecular weight excluding hydrogens is 490 g/mol. The van der Waals surface area contributed by atoms with E-state index in [4.69, 9.17) is 16.2 Å². The Bertz CT molecular complexity index is 989. The van der Waals surface area contributed by atoms with Crippen molar-refractivity contribution in [2.75, 3.05) is 25.0 Å². The Morgan fingerprint density at radius 3 is 2.33 bits per heavy atom. The van der Waals surface area contributed by atoms with Gasteiger partial charge in [-0.3, -0.25) is 4.55 Å². The number of hydrogen-bond donors (Lipinski definition) is 2. The Morgan fingerprint density at radius 2 is 1.80 bits per heavy atom. The van der Waals surface area contributed by atoms with Crippen LogP contribution in [0.3, 0.4) is 0 Å². The topological polar surface area (TPSA) is 82.5 Å². The lowest BCUT2D eigenvalue weighted by molar-refractivity contribution is -0.0269. The Hall–Kier alpha value is -1.19. The van der Waals surface area contributed by atoms with Crippen LogP contribution in [0.25, 0.3) is 0 Å². The minimum atomic E-state index is -4.02. The van der Waals surface area contributed by atoms with Crippen LogP contribution in [0.4, 0.5) is 5.69 Å². The second-order valence-electron chi connectivity index (χ2n) is 8.53. The first-order valence-electron chi connectivity index (χ1n) is 10.0. The highest BCUT2D eigenvalue weighted by molar-refractivity contribution is 9.10. The van der Waals surface area contributed by atoms with Gasteiger partial charge in [-0.2, -0.15) is 8.42 Å². The molecule has 3 aliphatic heterocycles. The van der Waals surface area contributed by atoms with Crippen LogP contribution in [-0.4, -0.2) is 48.5 Å². The quantitative estimate of drug-likeness (QED) is 0.464. The minimum Gasteiger partial charge on any atom is -0.380 e. The molecule has 2 aromatic rings. The van der Waals surface area contributed by atoms with E-state index in [9.17, 15) is 8.42 Å². The van der Waals surface area contributed by atoms with Crippen molar-refractivity contribution >= 4 is 43.3 Å². The van der Waals surface area contributed by atoms with Crippen molar-refractivity contribution in [3.8, 4) is 0 Å². The summed E-state index contributed by atoms with van der Waals surface area (Å²) in [5.41, 5.74) is 2.04. The second kappa shape index (κ2) is 8.74. The smallest absolute Gasteiger partial charge is 0.294 e. The van der Waals surface area contributed by atoms with E-state index < -0.39 is 10.1 Å². The summed E-state index contributed by atoms with van der Waals surface area (Å²) in [6.45, 7) is 5.72. The Kier molecular flexibility index (Phi) is 6.42. The number of rotatable bonds is 3. The van der Waals surface area contributed by atoms with Gasteiger partial charge in [-0.25, -0.2) is 4.98 Å². The van der Waals surface area contributed by atoms with Gasteiger partial charge in [0.05, 0.1) is 21.3 Å². The normalized spacial score (nSPS) is 29.3. The van der Waals surface area contributed by atoms with Crippen LogP contribution in [0.2, 0.25) is 5.15 Å². The second-order valence-corrected chi connectivity index (χ2v) is 11.2. The van der Waals surface area contributed by atoms with E-state index in [0.717, 1.165) is 33.5 Å². The number of benzene rings is 1. The van der Waals surface area contributed by atoms with E-state index in [2.05, 4.69) is 31.1 Å². The van der Waals surface area contributed by atoms with E-state index >= 15 is 0 Å². The lowest BCUT2D eigenvalue weighted by Gasteiger charge is -2.56. The largest absolute Gasteiger partial charge is 0.380 e. The third-order valence-electron chi connectivity index (χ3n) is 6.24. The lowest BCUT2D eigenvalue weighted by Crippen LogP contribution is -2.62. The molecule has 1 aliphatic carbocycles. The van der Waals surface area contributed by atoms with Crippen LogP contribution >= 0.6 is 27.5 Å². The molecule has 3 saturated heterocycles. The molecule has 1 saturated carbocycles. The Morgan fingerprint density at radius 1 is 1.17 bits per heavy atom. The van der Waals surface area contributed by atoms with Gasteiger partial charge in [-0.05, 0) is 71.6 Å². The highest BCUT2D eigenvalue weighted by Crippen LogP contribution is 2.44. The van der Waals surface area contributed by atoms with Crippen molar-refractivity contribution in [3.63, 3.8) is 0 Å². The van der Waals surface area contributed by atoms with Crippen molar-refractivity contribution in [1.29, 1.82) is 0 Å². The van der Waals surface area contributed by atoms with Crippen LogP contribution in [0.1, 0.15) is 18.4 Å². The summed E-state index contributed by atoms with van der Waals surface area (Å²) < 4.78 is 30.4.